The molecule has 5 heteroatoms. The lowest BCUT2D eigenvalue weighted by Crippen LogP contribution is -2.49. The maximum absolute atomic E-state index is 11.7. The Bertz CT molecular complexity index is 254. The molecule has 0 aromatic rings. The van der Waals surface area contributed by atoms with Crippen molar-refractivity contribution < 1.29 is 9.53 Å². The molecule has 0 aliphatic carbocycles. The average Bonchev–Trinajstić information content (AvgIpc) is 2.60. The largest absolute Gasteiger partial charge is 0.379 e. The Balaban J connectivity index is 1.86. The fourth-order valence-electron chi connectivity index (χ4n) is 2.51. The van der Waals surface area contributed by atoms with Crippen molar-refractivity contribution in [3.05, 3.63) is 0 Å². The number of morpholine rings is 1. The molecule has 2 rings (SSSR count). The SMILES string of the molecule is CC(CN1CCOCC1)N1C(=O)CNC1C. The maximum atomic E-state index is 11.7. The molecule has 1 amide bonds. The van der Waals surface area contributed by atoms with Gasteiger partial charge < -0.3 is 9.64 Å². The summed E-state index contributed by atoms with van der Waals surface area (Å²) in [6.07, 6.45) is 0.170. The first-order chi connectivity index (χ1) is 7.68. The summed E-state index contributed by atoms with van der Waals surface area (Å²) in [5.74, 6) is 0.216. The molecule has 2 saturated heterocycles. The first-order valence-corrected chi connectivity index (χ1v) is 6.03. The van der Waals surface area contributed by atoms with Crippen LogP contribution in [0.25, 0.3) is 0 Å². The Morgan fingerprint density at radius 2 is 2.19 bits per heavy atom. The molecule has 1 N–H and O–H groups in total. The number of ether oxygens (including phenoxy) is 1. The second-order valence-electron chi connectivity index (χ2n) is 4.62. The van der Waals surface area contributed by atoms with Gasteiger partial charge in [-0.3, -0.25) is 15.0 Å². The Morgan fingerprint density at radius 1 is 1.50 bits per heavy atom. The van der Waals surface area contributed by atoms with Gasteiger partial charge in [-0.1, -0.05) is 0 Å². The van der Waals surface area contributed by atoms with Gasteiger partial charge in [-0.15, -0.1) is 0 Å². The standard InChI is InChI=1S/C11H21N3O2/c1-9(8-13-3-5-16-6-4-13)14-10(2)12-7-11(14)15/h9-10,12H,3-8H2,1-2H3. The van der Waals surface area contributed by atoms with Gasteiger partial charge in [-0.25, -0.2) is 0 Å². The highest BCUT2D eigenvalue weighted by atomic mass is 16.5. The molecule has 2 atom stereocenters. The monoisotopic (exact) mass is 227 g/mol. The Labute approximate surface area is 96.7 Å². The molecule has 0 bridgehead atoms. The zero-order valence-corrected chi connectivity index (χ0v) is 10.1. The zero-order chi connectivity index (χ0) is 11.5. The molecule has 0 aromatic carbocycles. The Morgan fingerprint density at radius 3 is 2.75 bits per heavy atom. The Hall–Kier alpha value is -0.650. The van der Waals surface area contributed by atoms with Crippen LogP contribution >= 0.6 is 0 Å². The molecule has 92 valence electrons. The van der Waals surface area contributed by atoms with Crippen molar-refractivity contribution in [2.24, 2.45) is 0 Å². The van der Waals surface area contributed by atoms with E-state index >= 15 is 0 Å². The van der Waals surface area contributed by atoms with Crippen LogP contribution in [0.2, 0.25) is 0 Å². The minimum atomic E-state index is 0.170. The molecule has 2 unspecified atom stereocenters. The second-order valence-corrected chi connectivity index (χ2v) is 4.62. The summed E-state index contributed by atoms with van der Waals surface area (Å²) < 4.78 is 5.31. The summed E-state index contributed by atoms with van der Waals surface area (Å²) in [4.78, 5) is 16.0. The topological polar surface area (TPSA) is 44.8 Å². The van der Waals surface area contributed by atoms with Crippen molar-refractivity contribution in [1.29, 1.82) is 0 Å². The lowest BCUT2D eigenvalue weighted by molar-refractivity contribution is -0.130. The van der Waals surface area contributed by atoms with Gasteiger partial charge >= 0.3 is 0 Å². The van der Waals surface area contributed by atoms with E-state index < -0.39 is 0 Å². The molecule has 0 saturated carbocycles. The van der Waals surface area contributed by atoms with Crippen molar-refractivity contribution in [3.8, 4) is 0 Å². The van der Waals surface area contributed by atoms with E-state index in [1.807, 2.05) is 11.8 Å². The first-order valence-electron chi connectivity index (χ1n) is 6.03. The van der Waals surface area contributed by atoms with Crippen LogP contribution in [-0.4, -0.2) is 67.3 Å². The number of carbonyl (C=O) groups excluding carboxylic acids is 1. The van der Waals surface area contributed by atoms with Gasteiger partial charge in [0, 0.05) is 25.7 Å². The first kappa shape index (κ1) is 11.8. The van der Waals surface area contributed by atoms with Crippen molar-refractivity contribution in [2.45, 2.75) is 26.1 Å². The van der Waals surface area contributed by atoms with Gasteiger partial charge in [0.25, 0.3) is 0 Å². The van der Waals surface area contributed by atoms with Crippen molar-refractivity contribution in [2.75, 3.05) is 39.4 Å². The number of amides is 1. The third kappa shape index (κ3) is 2.53. The molecule has 0 aromatic heterocycles. The fourth-order valence-corrected chi connectivity index (χ4v) is 2.51. The third-order valence-electron chi connectivity index (χ3n) is 3.35. The average molecular weight is 227 g/mol. The summed E-state index contributed by atoms with van der Waals surface area (Å²) in [6.45, 7) is 9.18. The fraction of sp³-hybridized carbons (Fsp3) is 0.909. The number of hydrogen-bond donors (Lipinski definition) is 1. The molecular weight excluding hydrogens is 206 g/mol. The summed E-state index contributed by atoms with van der Waals surface area (Å²) >= 11 is 0. The summed E-state index contributed by atoms with van der Waals surface area (Å²) in [5, 5.41) is 3.17. The summed E-state index contributed by atoms with van der Waals surface area (Å²) in [6, 6.07) is 0.274. The molecular formula is C11H21N3O2. The molecule has 0 spiro atoms. The Kier molecular flexibility index (Phi) is 3.78. The van der Waals surface area contributed by atoms with Crippen LogP contribution in [-0.2, 0) is 9.53 Å². The van der Waals surface area contributed by atoms with Gasteiger partial charge in [0.05, 0.1) is 25.9 Å². The predicted octanol–water partition coefficient (Wildman–Crippen LogP) is -0.515. The second kappa shape index (κ2) is 5.12. The van der Waals surface area contributed by atoms with Crippen LogP contribution in [0.15, 0.2) is 0 Å². The number of nitrogens with one attached hydrogen (secondary N) is 1. The van der Waals surface area contributed by atoms with Crippen LogP contribution < -0.4 is 5.32 Å². The number of carbonyl (C=O) groups is 1. The molecule has 2 aliphatic rings. The van der Waals surface area contributed by atoms with Crippen LogP contribution in [0.4, 0.5) is 0 Å². The lowest BCUT2D eigenvalue weighted by Gasteiger charge is -2.34. The summed E-state index contributed by atoms with van der Waals surface area (Å²) in [5.41, 5.74) is 0. The predicted molar refractivity (Wildman–Crippen MR) is 61.0 cm³/mol. The van der Waals surface area contributed by atoms with E-state index in [0.29, 0.717) is 6.54 Å². The molecule has 5 nitrogen and oxygen atoms in total. The molecule has 2 fully saturated rings. The van der Waals surface area contributed by atoms with Gasteiger partial charge in [0.15, 0.2) is 0 Å². The highest BCUT2D eigenvalue weighted by Crippen LogP contribution is 2.11. The smallest absolute Gasteiger partial charge is 0.238 e. The van der Waals surface area contributed by atoms with Crippen LogP contribution in [0.5, 0.6) is 0 Å². The number of hydrogen-bond acceptors (Lipinski definition) is 4. The van der Waals surface area contributed by atoms with Gasteiger partial charge in [0.2, 0.25) is 5.91 Å². The maximum Gasteiger partial charge on any atom is 0.238 e. The van der Waals surface area contributed by atoms with Crippen LogP contribution in [0.1, 0.15) is 13.8 Å². The third-order valence-corrected chi connectivity index (χ3v) is 3.35. The van der Waals surface area contributed by atoms with Crippen LogP contribution in [0.3, 0.4) is 0 Å². The van der Waals surface area contributed by atoms with Crippen molar-refractivity contribution in [3.63, 3.8) is 0 Å². The number of nitrogens with zero attached hydrogens (tertiary/aromatic N) is 2. The number of rotatable bonds is 3. The van der Waals surface area contributed by atoms with E-state index in [-0.39, 0.29) is 18.1 Å². The highest BCUT2D eigenvalue weighted by molar-refractivity contribution is 5.80. The van der Waals surface area contributed by atoms with E-state index in [9.17, 15) is 4.79 Å². The molecule has 16 heavy (non-hydrogen) atoms. The van der Waals surface area contributed by atoms with E-state index in [2.05, 4.69) is 17.1 Å². The minimum Gasteiger partial charge on any atom is -0.379 e. The van der Waals surface area contributed by atoms with E-state index in [1.165, 1.54) is 0 Å². The molecule has 2 heterocycles. The van der Waals surface area contributed by atoms with Crippen molar-refractivity contribution >= 4 is 5.91 Å². The highest BCUT2D eigenvalue weighted by Gasteiger charge is 2.31. The van der Waals surface area contributed by atoms with Gasteiger partial charge in [-0.05, 0) is 13.8 Å². The molecule has 0 radical (unpaired) electrons. The van der Waals surface area contributed by atoms with Crippen LogP contribution in [0, 0.1) is 0 Å². The van der Waals surface area contributed by atoms with Gasteiger partial charge in [0.1, 0.15) is 0 Å². The quantitative estimate of drug-likeness (QED) is 0.705. The molecule has 2 aliphatic heterocycles. The summed E-state index contributed by atoms with van der Waals surface area (Å²) in [7, 11) is 0. The van der Waals surface area contributed by atoms with E-state index in [1.54, 1.807) is 0 Å². The van der Waals surface area contributed by atoms with E-state index in [0.717, 1.165) is 32.8 Å². The minimum absolute atomic E-state index is 0.170. The van der Waals surface area contributed by atoms with E-state index in [4.69, 9.17) is 4.74 Å². The van der Waals surface area contributed by atoms with Crippen molar-refractivity contribution in [1.82, 2.24) is 15.1 Å². The van der Waals surface area contributed by atoms with Gasteiger partial charge in [-0.2, -0.15) is 0 Å². The zero-order valence-electron chi connectivity index (χ0n) is 10.1. The normalized spacial score (nSPS) is 29.8. The lowest BCUT2D eigenvalue weighted by atomic mass is 10.2.